The van der Waals surface area contributed by atoms with Crippen molar-refractivity contribution in [2.75, 3.05) is 0 Å². The molecule has 0 aliphatic heterocycles. The molecule has 0 saturated heterocycles. The molecule has 0 aliphatic carbocycles. The fraction of sp³-hybridized carbons (Fsp3) is 0. The van der Waals surface area contributed by atoms with Crippen molar-refractivity contribution in [1.82, 2.24) is 0 Å². The van der Waals surface area contributed by atoms with Crippen molar-refractivity contribution < 1.29 is 24.0 Å². The first-order valence-electron chi connectivity index (χ1n) is 2.24. The minimum atomic E-state index is -1.67. The summed E-state index contributed by atoms with van der Waals surface area (Å²) in [4.78, 5) is 19.1. The molecule has 0 unspecified atom stereocenters. The van der Waals surface area contributed by atoms with Gasteiger partial charge < -0.3 is 10.2 Å². The Morgan fingerprint density at radius 2 is 1.25 bits per heavy atom. The van der Waals surface area contributed by atoms with Gasteiger partial charge in [0.1, 0.15) is 0 Å². The maximum absolute atomic E-state index is 9.55. The summed E-state index contributed by atoms with van der Waals surface area (Å²) in [6, 6.07) is 0. The number of aliphatic carboxylic acids is 2. The van der Waals surface area contributed by atoms with Crippen LogP contribution >= 0.6 is 21.4 Å². The van der Waals surface area contributed by atoms with Crippen LogP contribution in [0.4, 0.5) is 0 Å². The van der Waals surface area contributed by atoms with E-state index < -0.39 is 21.2 Å². The van der Waals surface area contributed by atoms with E-state index in [4.69, 9.17) is 14.4 Å². The van der Waals surface area contributed by atoms with Gasteiger partial charge in [-0.3, -0.25) is 0 Å². The third-order valence-electron chi connectivity index (χ3n) is 0.368. The molecule has 70 valence electrons. The normalized spacial score (nSPS) is 9.25. The van der Waals surface area contributed by atoms with E-state index >= 15 is 0 Å². The number of halogens is 2. The quantitative estimate of drug-likeness (QED) is 0.544. The zero-order valence-electron chi connectivity index (χ0n) is 5.44. The van der Waals surface area contributed by atoms with Crippen LogP contribution in [0.1, 0.15) is 0 Å². The Bertz CT molecular complexity index is 193. The number of hydrogen-bond donors (Lipinski definition) is 2. The van der Waals surface area contributed by atoms with Crippen LogP contribution in [0.15, 0.2) is 12.2 Å². The Hall–Kier alpha value is -0.590. The lowest BCUT2D eigenvalue weighted by Crippen LogP contribution is -1.91. The van der Waals surface area contributed by atoms with Crippen LogP contribution in [0.3, 0.4) is 0 Å². The van der Waals surface area contributed by atoms with Gasteiger partial charge in [0.25, 0.3) is 0 Å². The van der Waals surface area contributed by atoms with Crippen LogP contribution in [0.2, 0.25) is 0 Å². The SMILES string of the molecule is O=C(O)C=CC(=O)O.O=S(Cl)Cl. The fourth-order valence-corrected chi connectivity index (χ4v) is 0.143. The molecule has 0 radical (unpaired) electrons. The average Bonchev–Trinajstić information content (AvgIpc) is 1.82. The largest absolute Gasteiger partial charge is 0.478 e. The predicted octanol–water partition coefficient (Wildman–Crippen LogP) is 0.755. The van der Waals surface area contributed by atoms with E-state index in [-0.39, 0.29) is 0 Å². The van der Waals surface area contributed by atoms with Crippen molar-refractivity contribution in [2.45, 2.75) is 0 Å². The smallest absolute Gasteiger partial charge is 0.328 e. The van der Waals surface area contributed by atoms with Crippen molar-refractivity contribution in [3.8, 4) is 0 Å². The van der Waals surface area contributed by atoms with Crippen LogP contribution in [0, 0.1) is 0 Å². The lowest BCUT2D eigenvalue weighted by atomic mass is 10.5. The third-order valence-corrected chi connectivity index (χ3v) is 0.368. The van der Waals surface area contributed by atoms with Gasteiger partial charge in [-0.25, -0.2) is 13.8 Å². The van der Waals surface area contributed by atoms with Crippen LogP contribution in [0.25, 0.3) is 0 Å². The van der Waals surface area contributed by atoms with Gasteiger partial charge in [-0.2, -0.15) is 0 Å². The molecular weight excluding hydrogens is 231 g/mol. The molecule has 0 atom stereocenters. The van der Waals surface area contributed by atoms with Gasteiger partial charge in [-0.1, -0.05) is 0 Å². The maximum Gasteiger partial charge on any atom is 0.328 e. The van der Waals surface area contributed by atoms with Gasteiger partial charge in [-0.15, -0.1) is 0 Å². The molecule has 5 nitrogen and oxygen atoms in total. The van der Waals surface area contributed by atoms with Crippen molar-refractivity contribution in [1.29, 1.82) is 0 Å². The van der Waals surface area contributed by atoms with Gasteiger partial charge in [0.15, 0.2) is 0 Å². The molecule has 12 heavy (non-hydrogen) atoms. The van der Waals surface area contributed by atoms with Gasteiger partial charge in [0.05, 0.1) is 0 Å². The number of carboxylic acids is 2. The molecular formula is C4H4Cl2O5S. The van der Waals surface area contributed by atoms with Gasteiger partial charge in [-0.05, 0) is 0 Å². The first kappa shape index (κ1) is 14.0. The first-order chi connectivity index (χ1) is 5.36. The molecule has 0 amide bonds. The third kappa shape index (κ3) is 34.2. The highest BCUT2D eigenvalue weighted by Gasteiger charge is 1.88. The minimum absolute atomic E-state index is 0.558. The monoisotopic (exact) mass is 234 g/mol. The van der Waals surface area contributed by atoms with E-state index in [1.807, 2.05) is 0 Å². The highest BCUT2D eigenvalue weighted by Crippen LogP contribution is 1.89. The standard InChI is InChI=1S/C4H4O4.Cl2OS/c5-3(6)1-2-4(7)8;1-4(2)3/h1-2H,(H,5,6)(H,7,8);. The summed E-state index contributed by atoms with van der Waals surface area (Å²) in [5.41, 5.74) is 0. The van der Waals surface area contributed by atoms with E-state index in [0.717, 1.165) is 0 Å². The van der Waals surface area contributed by atoms with Crippen molar-refractivity contribution in [2.24, 2.45) is 0 Å². The lowest BCUT2D eigenvalue weighted by Gasteiger charge is -1.74. The number of carbonyl (C=O) groups is 2. The Balaban J connectivity index is 0. The highest BCUT2D eigenvalue weighted by atomic mass is 36.0. The summed E-state index contributed by atoms with van der Waals surface area (Å²) in [7, 11) is 7.36. The Morgan fingerprint density at radius 1 is 1.08 bits per heavy atom. The fourth-order valence-electron chi connectivity index (χ4n) is 0.143. The van der Waals surface area contributed by atoms with Gasteiger partial charge in [0, 0.05) is 33.5 Å². The Morgan fingerprint density at radius 3 is 1.33 bits per heavy atom. The zero-order chi connectivity index (χ0) is 10.1. The molecule has 0 saturated carbocycles. The van der Waals surface area contributed by atoms with Gasteiger partial charge in [0.2, 0.25) is 9.23 Å². The molecule has 0 aromatic rings. The van der Waals surface area contributed by atoms with Crippen LogP contribution in [-0.4, -0.2) is 26.4 Å². The summed E-state index contributed by atoms with van der Waals surface area (Å²) in [6.45, 7) is 0. The van der Waals surface area contributed by atoms with E-state index in [2.05, 4.69) is 21.4 Å². The van der Waals surface area contributed by atoms with E-state index in [1.54, 1.807) is 0 Å². The average molecular weight is 235 g/mol. The molecule has 8 heteroatoms. The van der Waals surface area contributed by atoms with Crippen molar-refractivity contribution in [3.63, 3.8) is 0 Å². The summed E-state index contributed by atoms with van der Waals surface area (Å²) in [5, 5.41) is 15.6. The van der Waals surface area contributed by atoms with E-state index in [0.29, 0.717) is 12.2 Å². The highest BCUT2D eigenvalue weighted by molar-refractivity contribution is 8.26. The minimum Gasteiger partial charge on any atom is -0.478 e. The van der Waals surface area contributed by atoms with Crippen molar-refractivity contribution >= 4 is 42.5 Å². The Kier molecular flexibility index (Phi) is 9.90. The molecule has 0 heterocycles. The van der Waals surface area contributed by atoms with Crippen LogP contribution in [0.5, 0.6) is 0 Å². The van der Waals surface area contributed by atoms with Crippen molar-refractivity contribution in [3.05, 3.63) is 12.2 Å². The molecule has 0 spiro atoms. The second kappa shape index (κ2) is 8.51. The van der Waals surface area contributed by atoms with Gasteiger partial charge >= 0.3 is 11.9 Å². The maximum atomic E-state index is 9.55. The molecule has 0 fully saturated rings. The topological polar surface area (TPSA) is 91.7 Å². The zero-order valence-corrected chi connectivity index (χ0v) is 7.77. The second-order valence-corrected chi connectivity index (χ2v) is 3.72. The van der Waals surface area contributed by atoms with E-state index in [9.17, 15) is 9.59 Å². The Labute approximate surface area is 79.1 Å². The number of rotatable bonds is 2. The number of carboxylic acid groups (broad SMARTS) is 2. The predicted molar refractivity (Wildman–Crippen MR) is 44.3 cm³/mol. The van der Waals surface area contributed by atoms with Crippen LogP contribution in [-0.2, 0) is 18.8 Å². The number of hydrogen-bond acceptors (Lipinski definition) is 3. The summed E-state index contributed by atoms with van der Waals surface area (Å²) in [6.07, 6.45) is 1.12. The summed E-state index contributed by atoms with van der Waals surface area (Å²) >= 11 is 0. The molecule has 2 N–H and O–H groups in total. The molecule has 0 bridgehead atoms. The lowest BCUT2D eigenvalue weighted by molar-refractivity contribution is -0.134. The molecule has 0 aliphatic rings. The molecule has 0 aromatic heterocycles. The summed E-state index contributed by atoms with van der Waals surface area (Å²) in [5.74, 6) is -2.51. The summed E-state index contributed by atoms with van der Waals surface area (Å²) < 4.78 is 9.09. The van der Waals surface area contributed by atoms with E-state index in [1.165, 1.54) is 0 Å². The first-order valence-corrected chi connectivity index (χ1v) is 5.04. The molecule has 0 rings (SSSR count). The second-order valence-electron chi connectivity index (χ2n) is 1.19. The van der Waals surface area contributed by atoms with Crippen LogP contribution < -0.4 is 0 Å². The molecule has 0 aromatic carbocycles.